The van der Waals surface area contributed by atoms with Crippen molar-refractivity contribution in [3.63, 3.8) is 0 Å². The van der Waals surface area contributed by atoms with Gasteiger partial charge in [0.1, 0.15) is 12.2 Å². The highest BCUT2D eigenvalue weighted by atomic mass is 16.8. The first-order valence-corrected chi connectivity index (χ1v) is 7.64. The van der Waals surface area contributed by atoms with Crippen LogP contribution in [-0.2, 0) is 23.7 Å². The molecule has 156 valence electrons. The van der Waals surface area contributed by atoms with Crippen molar-refractivity contribution in [3.8, 4) is 0 Å². The number of ether oxygens (including phenoxy) is 5. The molecule has 0 aliphatic heterocycles. The average molecular weight is 414 g/mol. The summed E-state index contributed by atoms with van der Waals surface area (Å²) in [5, 5.41) is 35.3. The number of carboxylic acid groups (broad SMARTS) is 4. The van der Waals surface area contributed by atoms with Crippen LogP contribution in [-0.4, -0.2) is 68.8 Å². The van der Waals surface area contributed by atoms with Crippen LogP contribution in [0.2, 0.25) is 0 Å². The predicted octanol–water partition coefficient (Wildman–Crippen LogP) is 2.16. The largest absolute Gasteiger partial charge is 0.508 e. The molecule has 0 amide bonds. The molecule has 2 aliphatic rings. The van der Waals surface area contributed by atoms with Crippen LogP contribution in [0, 0.1) is 0 Å². The fourth-order valence-electron chi connectivity index (χ4n) is 2.38. The first-order chi connectivity index (χ1) is 13.5. The van der Waals surface area contributed by atoms with Crippen LogP contribution < -0.4 is 0 Å². The molecule has 0 aromatic rings. The summed E-state index contributed by atoms with van der Waals surface area (Å²) in [5.74, 6) is -4.45. The van der Waals surface area contributed by atoms with Gasteiger partial charge < -0.3 is 39.4 Å². The molecule has 0 heterocycles. The van der Waals surface area contributed by atoms with Gasteiger partial charge >= 0.3 is 24.6 Å². The molecule has 4 N–H and O–H groups in total. The monoisotopic (exact) mass is 414 g/mol. The van der Waals surface area contributed by atoms with Gasteiger partial charge in [0.2, 0.25) is 0 Å². The van der Waals surface area contributed by atoms with Crippen molar-refractivity contribution < 1.29 is 63.3 Å². The quantitative estimate of drug-likeness (QED) is 0.214. The van der Waals surface area contributed by atoms with E-state index in [9.17, 15) is 19.2 Å². The van der Waals surface area contributed by atoms with Crippen LogP contribution in [0.4, 0.5) is 19.2 Å². The minimum Gasteiger partial charge on any atom is -0.450 e. The van der Waals surface area contributed by atoms with Crippen molar-refractivity contribution in [2.24, 2.45) is 0 Å². The molecule has 0 atom stereocenters. The minimum absolute atomic E-state index is 0.975. The Labute approximate surface area is 161 Å². The van der Waals surface area contributed by atoms with Crippen molar-refractivity contribution in [2.75, 3.05) is 0 Å². The lowest BCUT2D eigenvalue weighted by Crippen LogP contribution is -2.47. The van der Waals surface area contributed by atoms with Gasteiger partial charge in [0.05, 0.1) is 0 Å². The van der Waals surface area contributed by atoms with Gasteiger partial charge in [-0.25, -0.2) is 19.2 Å². The van der Waals surface area contributed by atoms with Gasteiger partial charge in [0.15, 0.2) is 0 Å². The van der Waals surface area contributed by atoms with Crippen molar-refractivity contribution in [1.29, 1.82) is 0 Å². The van der Waals surface area contributed by atoms with Gasteiger partial charge in [-0.1, -0.05) is 0 Å². The van der Waals surface area contributed by atoms with Gasteiger partial charge in [0.25, 0.3) is 11.6 Å². The third-order valence-corrected chi connectivity index (χ3v) is 3.36. The number of hydrogen-bond donors (Lipinski definition) is 4. The van der Waals surface area contributed by atoms with E-state index in [1.165, 1.54) is 0 Å². The molecule has 0 aromatic heterocycles. The first-order valence-electron chi connectivity index (χ1n) is 7.64. The highest BCUT2D eigenvalue weighted by Gasteiger charge is 2.45. The fourth-order valence-corrected chi connectivity index (χ4v) is 2.38. The Morgan fingerprint density at radius 1 is 0.586 bits per heavy atom. The Kier molecular flexibility index (Phi) is 6.13. The van der Waals surface area contributed by atoms with Crippen molar-refractivity contribution in [2.45, 2.75) is 23.8 Å². The van der Waals surface area contributed by atoms with E-state index in [2.05, 4.69) is 18.9 Å². The smallest absolute Gasteiger partial charge is 0.450 e. The maximum Gasteiger partial charge on any atom is 0.508 e. The molecule has 2 rings (SSSR count). The third-order valence-electron chi connectivity index (χ3n) is 3.36. The summed E-state index contributed by atoms with van der Waals surface area (Å²) < 4.78 is 23.8. The van der Waals surface area contributed by atoms with Crippen LogP contribution in [0.1, 0.15) is 0 Å². The summed E-state index contributed by atoms with van der Waals surface area (Å²) in [6.07, 6.45) is -0.676. The SMILES string of the molecule is O=C(O)OC1C=CC(OC(=O)O)(OC2(OC(=O)O)C=CC(OC(=O)O)C=C2)C=C1. The van der Waals surface area contributed by atoms with Gasteiger partial charge in [-0.3, -0.25) is 4.74 Å². The Morgan fingerprint density at radius 3 is 1.14 bits per heavy atom. The maximum atomic E-state index is 11.1. The summed E-state index contributed by atoms with van der Waals surface area (Å²) in [6.45, 7) is 0. The molecule has 29 heavy (non-hydrogen) atoms. The number of carbonyl (C=O) groups is 4. The van der Waals surface area contributed by atoms with Gasteiger partial charge in [0, 0.05) is 0 Å². The van der Waals surface area contributed by atoms with Gasteiger partial charge in [-0.2, -0.15) is 0 Å². The molecular formula is C16H14O13. The number of hydrogen-bond acceptors (Lipinski definition) is 9. The van der Waals surface area contributed by atoms with Crippen molar-refractivity contribution >= 4 is 24.6 Å². The topological polar surface area (TPSA) is 195 Å². The molecule has 2 aliphatic carbocycles. The van der Waals surface area contributed by atoms with E-state index in [0.29, 0.717) is 0 Å². The second-order valence-corrected chi connectivity index (χ2v) is 5.41. The van der Waals surface area contributed by atoms with E-state index >= 15 is 0 Å². The van der Waals surface area contributed by atoms with Crippen molar-refractivity contribution in [3.05, 3.63) is 48.6 Å². The van der Waals surface area contributed by atoms with Crippen LogP contribution in [0.25, 0.3) is 0 Å². The standard InChI is InChI=1S/C16H14O13/c17-11(18)25-9-1-5-15(6-2-9,27-13(21)22)29-16(28-14(23)24)7-3-10(4-8-16)26-12(19)20/h1-10H,(H,17,18)(H,19,20)(H,21,22)(H,23,24). The fraction of sp³-hybridized carbons (Fsp3) is 0.250. The maximum absolute atomic E-state index is 11.1. The van der Waals surface area contributed by atoms with E-state index in [-0.39, 0.29) is 0 Å². The predicted molar refractivity (Wildman–Crippen MR) is 87.1 cm³/mol. The van der Waals surface area contributed by atoms with Gasteiger partial charge in [-0.05, 0) is 48.6 Å². The molecule has 0 fully saturated rings. The zero-order valence-corrected chi connectivity index (χ0v) is 14.2. The molecule has 0 aromatic carbocycles. The highest BCUT2D eigenvalue weighted by Crippen LogP contribution is 2.33. The first kappa shape index (κ1) is 21.3. The zero-order valence-electron chi connectivity index (χ0n) is 14.2. The summed E-state index contributed by atoms with van der Waals surface area (Å²) in [7, 11) is 0. The molecule has 0 saturated heterocycles. The number of rotatable bonds is 6. The normalized spacial score (nSPS) is 29.7. The molecule has 0 radical (unpaired) electrons. The summed E-state index contributed by atoms with van der Waals surface area (Å²) >= 11 is 0. The lowest BCUT2D eigenvalue weighted by Gasteiger charge is -2.37. The Hall–Kier alpha value is -4.00. The van der Waals surface area contributed by atoms with E-state index in [4.69, 9.17) is 25.2 Å². The molecule has 13 heteroatoms. The molecule has 0 bridgehead atoms. The van der Waals surface area contributed by atoms with Crippen LogP contribution in [0.15, 0.2) is 48.6 Å². The highest BCUT2D eigenvalue weighted by molar-refractivity contribution is 5.60. The summed E-state index contributed by atoms with van der Waals surface area (Å²) in [6, 6.07) is 0. The van der Waals surface area contributed by atoms with Crippen LogP contribution >= 0.6 is 0 Å². The Balaban J connectivity index is 2.31. The Morgan fingerprint density at radius 2 is 0.897 bits per heavy atom. The molecular weight excluding hydrogens is 400 g/mol. The van der Waals surface area contributed by atoms with E-state index in [0.717, 1.165) is 48.6 Å². The second kappa shape index (κ2) is 8.35. The molecule has 0 spiro atoms. The molecule has 0 unspecified atom stereocenters. The van der Waals surface area contributed by atoms with Crippen molar-refractivity contribution in [1.82, 2.24) is 0 Å². The lowest BCUT2D eigenvalue weighted by molar-refractivity contribution is -0.255. The van der Waals surface area contributed by atoms with E-state index in [1.807, 2.05) is 0 Å². The Bertz CT molecular complexity index is 712. The molecule has 13 nitrogen and oxygen atoms in total. The summed E-state index contributed by atoms with van der Waals surface area (Å²) in [4.78, 5) is 43.4. The second-order valence-electron chi connectivity index (χ2n) is 5.41. The molecule has 0 saturated carbocycles. The minimum atomic E-state index is -2.23. The van der Waals surface area contributed by atoms with Crippen LogP contribution in [0.5, 0.6) is 0 Å². The van der Waals surface area contributed by atoms with E-state index < -0.39 is 48.4 Å². The average Bonchev–Trinajstić information content (AvgIpc) is 2.57. The van der Waals surface area contributed by atoms with Crippen LogP contribution in [0.3, 0.4) is 0 Å². The van der Waals surface area contributed by atoms with E-state index in [1.54, 1.807) is 0 Å². The third kappa shape index (κ3) is 6.00. The summed E-state index contributed by atoms with van der Waals surface area (Å²) in [5.41, 5.74) is 0. The van der Waals surface area contributed by atoms with Gasteiger partial charge in [-0.15, -0.1) is 0 Å². The zero-order chi connectivity index (χ0) is 21.7. The lowest BCUT2D eigenvalue weighted by atomic mass is 10.0.